The van der Waals surface area contributed by atoms with Crippen LogP contribution < -0.4 is 0 Å². The van der Waals surface area contributed by atoms with E-state index in [2.05, 4.69) is 96.6 Å². The maximum Gasteiger partial charge on any atom is 0.269 e. The van der Waals surface area contributed by atoms with Crippen molar-refractivity contribution in [1.29, 1.82) is 0 Å². The Hall–Kier alpha value is -5.44. The van der Waals surface area contributed by atoms with Gasteiger partial charge in [0.1, 0.15) is 0 Å². The molecule has 0 saturated heterocycles. The highest BCUT2D eigenvalue weighted by molar-refractivity contribution is 6.86. The number of benzene rings is 2. The molecule has 4 aliphatic rings. The number of Topliss-reactive ketones (excluding diaryl/α,β-unsaturated/α-hetero) is 2. The van der Waals surface area contributed by atoms with Crippen molar-refractivity contribution in [2.75, 3.05) is 13.1 Å². The molecule has 0 N–H and O–H groups in total. The minimum absolute atomic E-state index is 0.00309. The van der Waals surface area contributed by atoms with E-state index in [1.54, 1.807) is 0 Å². The Labute approximate surface area is 411 Å². The third-order valence-electron chi connectivity index (χ3n) is 14.3. The van der Waals surface area contributed by atoms with Gasteiger partial charge in [0.25, 0.3) is 35.0 Å². The van der Waals surface area contributed by atoms with Crippen molar-refractivity contribution in [3.05, 3.63) is 104 Å². The van der Waals surface area contributed by atoms with Gasteiger partial charge in [-0.15, -0.1) is 0 Å². The summed E-state index contributed by atoms with van der Waals surface area (Å²) in [4.78, 5) is 94.4. The number of hydrogen-bond donors (Lipinski definition) is 0. The zero-order valence-corrected chi connectivity index (χ0v) is 44.7. The maximum absolute atomic E-state index is 12.5. The predicted molar refractivity (Wildman–Crippen MR) is 273 cm³/mol. The van der Waals surface area contributed by atoms with Crippen molar-refractivity contribution >= 4 is 54.6 Å². The molecule has 14 nitrogen and oxygen atoms in total. The van der Waals surface area contributed by atoms with Crippen molar-refractivity contribution < 1.29 is 38.6 Å². The van der Waals surface area contributed by atoms with E-state index in [9.17, 15) is 49.0 Å². The molecule has 0 spiro atoms. The van der Waals surface area contributed by atoms with Crippen molar-refractivity contribution in [1.82, 2.24) is 9.80 Å². The molecule has 2 heterocycles. The molecule has 2 fully saturated rings. The van der Waals surface area contributed by atoms with Gasteiger partial charge >= 0.3 is 0 Å². The normalized spacial score (nSPS) is 20.8. The maximum atomic E-state index is 12.5. The Kier molecular flexibility index (Phi) is 19.7. The van der Waals surface area contributed by atoms with E-state index < -0.39 is 17.9 Å². The van der Waals surface area contributed by atoms with Crippen LogP contribution in [0, 0.1) is 49.3 Å². The molecule has 15 heteroatoms. The van der Waals surface area contributed by atoms with Gasteiger partial charge in [-0.3, -0.25) is 58.8 Å². The fourth-order valence-corrected chi connectivity index (χ4v) is 17.0. The second kappa shape index (κ2) is 23.4. The Balaban J connectivity index is 0.000000271. The number of carbonyl (C=O) groups excluding carboxylic acids is 6. The van der Waals surface area contributed by atoms with Gasteiger partial charge in [0.2, 0.25) is 0 Å². The Morgan fingerprint density at radius 2 is 0.725 bits per heavy atom. The average molecular weight is 971 g/mol. The van der Waals surface area contributed by atoms with Crippen LogP contribution in [0.4, 0.5) is 11.4 Å². The summed E-state index contributed by atoms with van der Waals surface area (Å²) in [5, 5.41) is 22.7. The lowest BCUT2D eigenvalue weighted by Crippen LogP contribution is -2.55. The third-order valence-corrected chi connectivity index (χ3v) is 23.3. The van der Waals surface area contributed by atoms with Crippen LogP contribution >= 0.6 is 0 Å². The van der Waals surface area contributed by atoms with Crippen LogP contribution in [0.15, 0.2) is 72.8 Å². The van der Waals surface area contributed by atoms with Gasteiger partial charge in [-0.2, -0.15) is 0 Å². The van der Waals surface area contributed by atoms with Crippen LogP contribution in [0.5, 0.6) is 0 Å². The van der Waals surface area contributed by atoms with Crippen LogP contribution in [0.3, 0.4) is 0 Å². The van der Waals surface area contributed by atoms with Gasteiger partial charge in [0, 0.05) is 84.6 Å². The summed E-state index contributed by atoms with van der Waals surface area (Å²) in [6.07, 6.45) is 11.0. The summed E-state index contributed by atoms with van der Waals surface area (Å²) in [7, 11) is -1.35. The van der Waals surface area contributed by atoms with Crippen LogP contribution in [-0.2, 0) is 19.2 Å². The first-order valence-electron chi connectivity index (χ1n) is 24.3. The molecular weight excluding hydrogens is 893 g/mol. The molecule has 2 aromatic rings. The van der Waals surface area contributed by atoms with Crippen LogP contribution in [0.25, 0.3) is 0 Å². The Morgan fingerprint density at radius 1 is 0.493 bits per heavy atom. The fourth-order valence-electron chi connectivity index (χ4n) is 10.3. The second-order valence-corrected chi connectivity index (χ2v) is 30.6. The molecule has 378 valence electrons. The zero-order valence-electron chi connectivity index (χ0n) is 43.7. The number of nitro groups is 2. The minimum atomic E-state index is -1.35. The van der Waals surface area contributed by atoms with Crippen molar-refractivity contribution in [2.45, 2.75) is 163 Å². The Bertz CT molecular complexity index is 2030. The van der Waals surface area contributed by atoms with Crippen LogP contribution in [-0.4, -0.2) is 76.0 Å². The van der Waals surface area contributed by atoms with Gasteiger partial charge in [-0.05, 0) is 108 Å². The summed E-state index contributed by atoms with van der Waals surface area (Å²) in [6, 6.07) is 11.4. The van der Waals surface area contributed by atoms with Crippen molar-refractivity contribution in [3.63, 3.8) is 0 Å². The smallest absolute Gasteiger partial charge is 0.269 e. The number of rotatable bonds is 10. The second-order valence-electron chi connectivity index (χ2n) is 23.9. The molecule has 4 amide bonds. The first kappa shape index (κ1) is 57.9. The number of carbonyl (C=O) groups is 6. The molecule has 2 aromatic carbocycles. The summed E-state index contributed by atoms with van der Waals surface area (Å²) >= 11 is 0. The van der Waals surface area contributed by atoms with Gasteiger partial charge < -0.3 is 0 Å². The molecule has 2 saturated carbocycles. The molecule has 2 aliphatic carbocycles. The van der Waals surface area contributed by atoms with E-state index in [1.807, 2.05) is 0 Å². The highest BCUT2D eigenvalue weighted by Crippen LogP contribution is 2.61. The van der Waals surface area contributed by atoms with E-state index in [4.69, 9.17) is 0 Å². The van der Waals surface area contributed by atoms with E-state index >= 15 is 0 Å². The summed E-state index contributed by atoms with van der Waals surface area (Å²) in [5.74, 6) is -0.859. The monoisotopic (exact) mass is 971 g/mol. The van der Waals surface area contributed by atoms with Crippen molar-refractivity contribution in [2.24, 2.45) is 29.1 Å². The number of non-ortho nitro benzene ring substituents is 2. The summed E-state index contributed by atoms with van der Waals surface area (Å²) in [5.41, 5.74) is 1.41. The standard InChI is InChI=1S/2C18H18N2O5.C13H30Si.C5H12/c2*21-16-9-10-17(22)19(16)11-12-1-3-13(4-2-12)18(23)14-5-7-15(8-6-14)20(24)25;1-11(2,3)14(10,12(4,5)6)13(7,8)9;1-5(2,3)4/h2*5-10,12-13H,1-4,11H2;1-10H3;1-4H3. The van der Waals surface area contributed by atoms with Gasteiger partial charge in [-0.1, -0.05) is 96.6 Å². The zero-order chi connectivity index (χ0) is 52.4. The van der Waals surface area contributed by atoms with E-state index in [0.29, 0.717) is 70.4 Å². The lowest BCUT2D eigenvalue weighted by molar-refractivity contribution is -0.385. The number of nitrogens with zero attached hydrogens (tertiary/aromatic N) is 4. The number of amides is 4. The number of imide groups is 2. The summed E-state index contributed by atoms with van der Waals surface area (Å²) < 4.78 is 0. The van der Waals surface area contributed by atoms with Gasteiger partial charge in [0.15, 0.2) is 11.6 Å². The molecule has 0 bridgehead atoms. The van der Waals surface area contributed by atoms with Gasteiger partial charge in [0.05, 0.1) is 17.9 Å². The SMILES string of the molecule is CC(C)(C)C.CC(C)(C)[Si](C)(C(C)(C)C)C(C)(C)C.O=C(c1ccc([N+](=O)[O-])cc1)C1CCC(CN2C(=O)C=CC2=O)CC1.O=C(c1ccc([N+](=O)[O-])cc1)C1CCC(CN2C(=O)C=CC2=O)CC1. The highest BCUT2D eigenvalue weighted by Gasteiger charge is 2.55. The average Bonchev–Trinajstić information content (AvgIpc) is 3.75. The van der Waals surface area contributed by atoms with E-state index in [-0.39, 0.29) is 70.2 Å². The van der Waals surface area contributed by atoms with Crippen LogP contribution in [0.2, 0.25) is 21.7 Å². The number of ketones is 2. The van der Waals surface area contributed by atoms with E-state index in [0.717, 1.165) is 25.7 Å². The van der Waals surface area contributed by atoms with Crippen molar-refractivity contribution in [3.8, 4) is 0 Å². The molecule has 6 rings (SSSR count). The highest BCUT2D eigenvalue weighted by atomic mass is 28.3. The topological polar surface area (TPSA) is 195 Å². The molecule has 0 unspecified atom stereocenters. The molecular formula is C54H78N4O10Si. The van der Waals surface area contributed by atoms with Gasteiger partial charge in [-0.25, -0.2) is 0 Å². The quantitative estimate of drug-likeness (QED) is 0.0726. The first-order valence-corrected chi connectivity index (χ1v) is 26.8. The Morgan fingerprint density at radius 3 is 0.913 bits per heavy atom. The minimum Gasteiger partial charge on any atom is -0.294 e. The number of hydrogen-bond acceptors (Lipinski definition) is 10. The predicted octanol–water partition coefficient (Wildman–Crippen LogP) is 12.5. The molecule has 0 aromatic heterocycles. The lowest BCUT2D eigenvalue weighted by atomic mass is 9.78. The fraction of sp³-hybridized carbons (Fsp3) is 0.593. The molecule has 2 aliphatic heterocycles. The first-order chi connectivity index (χ1) is 31.7. The number of nitro benzene ring substituents is 2. The molecule has 69 heavy (non-hydrogen) atoms. The summed E-state index contributed by atoms with van der Waals surface area (Å²) in [6.45, 7) is 34.0. The molecule has 0 radical (unpaired) electrons. The molecule has 0 atom stereocenters. The third kappa shape index (κ3) is 16.0. The lowest BCUT2D eigenvalue weighted by Gasteiger charge is -2.57. The largest absolute Gasteiger partial charge is 0.294 e. The van der Waals surface area contributed by atoms with Crippen LogP contribution in [0.1, 0.15) is 162 Å². The van der Waals surface area contributed by atoms with E-state index in [1.165, 1.54) is 82.6 Å².